The molecule has 0 fully saturated rings. The maximum absolute atomic E-state index is 9.41. The van der Waals surface area contributed by atoms with Gasteiger partial charge >= 0.3 is 0 Å². The fourth-order valence-electron chi connectivity index (χ4n) is 4.73. The quantitative estimate of drug-likeness (QED) is 0.199. The molecule has 8 aromatic carbocycles. The Kier molecular flexibility index (Phi) is 2.12. The smallest absolute Gasteiger partial charge is 0.0616 e. The van der Waals surface area contributed by atoms with E-state index in [0.717, 1.165) is 12.1 Å². The van der Waals surface area contributed by atoms with Gasteiger partial charge in [-0.2, -0.15) is 0 Å². The summed E-state index contributed by atoms with van der Waals surface area (Å²) in [6, 6.07) is -17.0. The molecule has 8 rings (SSSR count). The summed E-state index contributed by atoms with van der Waals surface area (Å²) in [6.45, 7) is 0. The minimum absolute atomic E-state index is 0.220. The standard InChI is InChI=1S/C40H26/c1-2-12-31-26-32(25-20-27(31)10-1)40-37-17-7-5-15-35(37)39(36-16-6-8-18-38(36)40)30-23-21-29(22-24-30)34-19-9-13-28-11-3-4-14-33(28)34/h1-26H/i1D,2D,3D,4D,5D,6D,7D,8D,9D,10D,11D,12D,13D,14D,15D,16D,17D,18D,19D,20D,23D,24D,25D,26D. The van der Waals surface area contributed by atoms with Crippen molar-refractivity contribution >= 4 is 43.1 Å². The molecular weight excluding hydrogens is 480 g/mol. The maximum atomic E-state index is 9.41. The molecule has 0 unspecified atom stereocenters. The second kappa shape index (κ2) is 9.22. The van der Waals surface area contributed by atoms with Crippen molar-refractivity contribution in [2.45, 2.75) is 0 Å². The predicted octanol–water partition coefficient (Wildman–Crippen LogP) is 11.3. The second-order valence-electron chi connectivity index (χ2n) is 8.66. The molecule has 0 saturated carbocycles. The van der Waals surface area contributed by atoms with E-state index in [0.29, 0.717) is 0 Å². The molecule has 0 saturated heterocycles. The first-order valence-electron chi connectivity index (χ1n) is 23.9. The molecule has 0 bridgehead atoms. The van der Waals surface area contributed by atoms with Gasteiger partial charge in [-0.25, -0.2) is 0 Å². The average Bonchev–Trinajstić information content (AvgIpc) is 3.25. The summed E-state index contributed by atoms with van der Waals surface area (Å²) in [5.41, 5.74) is -2.87. The van der Waals surface area contributed by atoms with Crippen LogP contribution in [0.2, 0.25) is 0 Å². The molecule has 0 aromatic heterocycles. The third-order valence-electron chi connectivity index (χ3n) is 6.47. The molecule has 0 nitrogen and oxygen atoms in total. The topological polar surface area (TPSA) is 0 Å². The summed E-state index contributed by atoms with van der Waals surface area (Å²) < 4.78 is 211. The first-order valence-corrected chi connectivity index (χ1v) is 11.9. The van der Waals surface area contributed by atoms with Gasteiger partial charge in [0.25, 0.3) is 0 Å². The van der Waals surface area contributed by atoms with Gasteiger partial charge in [0.2, 0.25) is 0 Å². The number of rotatable bonds is 3. The molecule has 0 amide bonds. The highest BCUT2D eigenvalue weighted by atomic mass is 14.2. The van der Waals surface area contributed by atoms with E-state index in [2.05, 4.69) is 0 Å². The van der Waals surface area contributed by atoms with Crippen molar-refractivity contribution in [3.63, 3.8) is 0 Å². The molecule has 0 aliphatic heterocycles. The number of benzene rings is 8. The van der Waals surface area contributed by atoms with Gasteiger partial charge in [-0.05, 0) is 82.5 Å². The largest absolute Gasteiger partial charge is 0.0636 e. The summed E-state index contributed by atoms with van der Waals surface area (Å²) in [6.07, 6.45) is 0. The average molecular weight is 531 g/mol. The van der Waals surface area contributed by atoms with Crippen molar-refractivity contribution in [3.8, 4) is 33.4 Å². The molecule has 8 aromatic rings. The zero-order valence-electron chi connectivity index (χ0n) is 44.2. The van der Waals surface area contributed by atoms with Crippen LogP contribution >= 0.6 is 0 Å². The molecule has 0 heteroatoms. The minimum Gasteiger partial charge on any atom is -0.0616 e. The third kappa shape index (κ3) is 3.61. The lowest BCUT2D eigenvalue weighted by molar-refractivity contribution is 1.63. The normalized spacial score (nSPS) is 19.9. The van der Waals surface area contributed by atoms with Crippen LogP contribution in [0.15, 0.2) is 157 Å². The third-order valence-corrected chi connectivity index (χ3v) is 6.47. The Morgan fingerprint density at radius 1 is 0.325 bits per heavy atom. The Balaban J connectivity index is 1.64. The highest BCUT2D eigenvalue weighted by Gasteiger charge is 2.17. The van der Waals surface area contributed by atoms with Crippen LogP contribution in [-0.2, 0) is 0 Å². The number of hydrogen-bond donors (Lipinski definition) is 0. The second-order valence-corrected chi connectivity index (χ2v) is 8.66. The van der Waals surface area contributed by atoms with Crippen LogP contribution in [-0.4, -0.2) is 0 Å². The maximum Gasteiger partial charge on any atom is 0.0636 e. The van der Waals surface area contributed by atoms with E-state index in [1.165, 1.54) is 0 Å². The van der Waals surface area contributed by atoms with Crippen LogP contribution < -0.4 is 0 Å². The van der Waals surface area contributed by atoms with Crippen LogP contribution in [0.3, 0.4) is 0 Å². The van der Waals surface area contributed by atoms with Gasteiger partial charge in [0.1, 0.15) is 0 Å². The lowest BCUT2D eigenvalue weighted by Gasteiger charge is -2.18. The molecule has 0 radical (unpaired) electrons. The molecule has 40 heavy (non-hydrogen) atoms. The summed E-state index contributed by atoms with van der Waals surface area (Å²) in [4.78, 5) is 0. The monoisotopic (exact) mass is 530 g/mol. The fourth-order valence-corrected chi connectivity index (χ4v) is 4.73. The molecule has 0 heterocycles. The van der Waals surface area contributed by atoms with E-state index in [4.69, 9.17) is 21.9 Å². The van der Waals surface area contributed by atoms with Gasteiger partial charge in [0.05, 0.1) is 32.9 Å². The van der Waals surface area contributed by atoms with E-state index in [1.54, 1.807) is 0 Å². The van der Waals surface area contributed by atoms with Crippen molar-refractivity contribution < 1.29 is 32.9 Å². The first-order chi connectivity index (χ1) is 29.8. The number of hydrogen-bond acceptors (Lipinski definition) is 0. The Hall–Kier alpha value is -5.20. The highest BCUT2D eigenvalue weighted by Crippen LogP contribution is 2.44. The number of fused-ring (bicyclic) bond motifs is 4. The summed E-state index contributed by atoms with van der Waals surface area (Å²) in [7, 11) is 0. The molecule has 0 aliphatic carbocycles. The zero-order chi connectivity index (χ0) is 47.4. The zero-order valence-corrected chi connectivity index (χ0v) is 20.2. The van der Waals surface area contributed by atoms with E-state index in [-0.39, 0.29) is 16.5 Å². The van der Waals surface area contributed by atoms with Gasteiger partial charge in [-0.1, -0.05) is 151 Å². The molecule has 186 valence electrons. The molecule has 0 aliphatic rings. The van der Waals surface area contributed by atoms with Crippen molar-refractivity contribution in [1.82, 2.24) is 0 Å². The molecule has 0 N–H and O–H groups in total. The Morgan fingerprint density at radius 3 is 1.48 bits per heavy atom. The lowest BCUT2D eigenvalue weighted by atomic mass is 9.85. The fraction of sp³-hybridized carbons (Fsp3) is 0. The van der Waals surface area contributed by atoms with E-state index < -0.39 is 205 Å². The van der Waals surface area contributed by atoms with Crippen LogP contribution in [0.4, 0.5) is 0 Å². The van der Waals surface area contributed by atoms with E-state index in [9.17, 15) is 11.0 Å². The van der Waals surface area contributed by atoms with Crippen molar-refractivity contribution in [3.05, 3.63) is 157 Å². The van der Waals surface area contributed by atoms with Crippen molar-refractivity contribution in [2.75, 3.05) is 0 Å². The SMILES string of the molecule is [2H]c1cc(-c2c([2H])c([2H])c([2H])c3c([2H])c([2H])c([2H])c([2H])c23)cc([2H])c1-c1c2c([2H])c([2H])c([2H])c([2H])c2c(-c2c([2H])c([2H])c3c([2H])c([2H])c([2H])c([2H])c3c2[2H])c2c([2H])c([2H])c([2H])c([2H])c12. The Bertz CT molecular complexity index is 3430. The van der Waals surface area contributed by atoms with Crippen LogP contribution in [0.1, 0.15) is 32.9 Å². The first kappa shape index (κ1) is 9.18. The van der Waals surface area contributed by atoms with Crippen molar-refractivity contribution in [1.29, 1.82) is 0 Å². The lowest BCUT2D eigenvalue weighted by Crippen LogP contribution is -1.91. The Labute approximate surface area is 267 Å². The van der Waals surface area contributed by atoms with Crippen LogP contribution in [0, 0.1) is 0 Å². The van der Waals surface area contributed by atoms with E-state index >= 15 is 0 Å². The van der Waals surface area contributed by atoms with Gasteiger partial charge < -0.3 is 0 Å². The minimum atomic E-state index is -0.896. The molecular formula is C40H26. The van der Waals surface area contributed by atoms with Crippen LogP contribution in [0.25, 0.3) is 76.5 Å². The van der Waals surface area contributed by atoms with E-state index in [1.807, 2.05) is 0 Å². The highest BCUT2D eigenvalue weighted by molar-refractivity contribution is 6.21. The van der Waals surface area contributed by atoms with Gasteiger partial charge in [-0.15, -0.1) is 0 Å². The summed E-state index contributed by atoms with van der Waals surface area (Å²) >= 11 is 0. The van der Waals surface area contributed by atoms with Crippen LogP contribution in [0.5, 0.6) is 0 Å². The van der Waals surface area contributed by atoms with Gasteiger partial charge in [0, 0.05) is 0 Å². The Morgan fingerprint density at radius 2 is 0.825 bits per heavy atom. The molecule has 0 atom stereocenters. The predicted molar refractivity (Wildman–Crippen MR) is 173 cm³/mol. The molecule has 0 spiro atoms. The van der Waals surface area contributed by atoms with Gasteiger partial charge in [0.15, 0.2) is 0 Å². The summed E-state index contributed by atoms with van der Waals surface area (Å²) in [5.74, 6) is 0. The summed E-state index contributed by atoms with van der Waals surface area (Å²) in [5, 5.41) is -4.18. The van der Waals surface area contributed by atoms with Gasteiger partial charge in [-0.3, -0.25) is 0 Å². The van der Waals surface area contributed by atoms with Crippen molar-refractivity contribution in [2.24, 2.45) is 0 Å².